The maximum atomic E-state index is 14.0. The van der Waals surface area contributed by atoms with Crippen LogP contribution in [-0.2, 0) is 14.6 Å². The molecule has 0 spiro atoms. The Hall–Kier alpha value is -2.68. The van der Waals surface area contributed by atoms with Crippen LogP contribution in [0.15, 0.2) is 70.4 Å². The van der Waals surface area contributed by atoms with Crippen molar-refractivity contribution in [3.63, 3.8) is 0 Å². The second-order valence-corrected chi connectivity index (χ2v) is 9.90. The minimum absolute atomic E-state index is 0.112. The quantitative estimate of drug-likeness (QED) is 0.554. The van der Waals surface area contributed by atoms with Gasteiger partial charge in [0.1, 0.15) is 5.82 Å². The largest absolute Gasteiger partial charge is 0.478 e. The highest BCUT2D eigenvalue weighted by molar-refractivity contribution is 7.91. The van der Waals surface area contributed by atoms with Crippen LogP contribution < -0.4 is 0 Å². The molecule has 0 amide bonds. The van der Waals surface area contributed by atoms with Gasteiger partial charge in [-0.25, -0.2) is 17.8 Å². The van der Waals surface area contributed by atoms with Crippen molar-refractivity contribution in [1.29, 1.82) is 0 Å². The Morgan fingerprint density at radius 2 is 1.84 bits per heavy atom. The van der Waals surface area contributed by atoms with E-state index in [9.17, 15) is 26.0 Å². The number of benzene rings is 1. The third-order valence-corrected chi connectivity index (χ3v) is 6.79. The molecule has 0 aromatic heterocycles. The Labute approximate surface area is 184 Å². The molecule has 0 radical (unpaired) electrons. The van der Waals surface area contributed by atoms with Crippen molar-refractivity contribution in [2.24, 2.45) is 10.9 Å². The SMILES string of the molecule is CCOC1=NC(C(F)(F)F)=C(c2ccc(F)cc2)CC(C2=CC(C)C(S(C)(=O)=O)C=C2)=C1. The number of nitrogens with zero attached hydrogens (tertiary/aromatic N) is 1. The van der Waals surface area contributed by atoms with Gasteiger partial charge >= 0.3 is 6.18 Å². The molecule has 1 aromatic carbocycles. The summed E-state index contributed by atoms with van der Waals surface area (Å²) < 4.78 is 84.6. The van der Waals surface area contributed by atoms with E-state index < -0.39 is 32.8 Å². The lowest BCUT2D eigenvalue weighted by Gasteiger charge is -2.23. The Balaban J connectivity index is 2.14. The molecule has 0 N–H and O–H groups in total. The second-order valence-electron chi connectivity index (χ2n) is 7.70. The van der Waals surface area contributed by atoms with Crippen molar-refractivity contribution in [1.82, 2.24) is 0 Å². The van der Waals surface area contributed by atoms with Gasteiger partial charge in [0.05, 0.1) is 11.9 Å². The first-order valence-electron chi connectivity index (χ1n) is 9.97. The van der Waals surface area contributed by atoms with Gasteiger partial charge in [0.2, 0.25) is 5.90 Å². The van der Waals surface area contributed by atoms with Gasteiger partial charge in [-0.05, 0) is 47.3 Å². The van der Waals surface area contributed by atoms with Crippen molar-refractivity contribution < 1.29 is 30.7 Å². The lowest BCUT2D eigenvalue weighted by atomic mass is 9.88. The number of hydrogen-bond acceptors (Lipinski definition) is 4. The zero-order valence-corrected chi connectivity index (χ0v) is 18.6. The number of sulfone groups is 1. The minimum Gasteiger partial charge on any atom is -0.478 e. The van der Waals surface area contributed by atoms with Crippen LogP contribution in [0, 0.1) is 11.7 Å². The van der Waals surface area contributed by atoms with Gasteiger partial charge in [-0.2, -0.15) is 13.2 Å². The molecule has 9 heteroatoms. The zero-order chi connectivity index (χ0) is 23.7. The van der Waals surface area contributed by atoms with Crippen LogP contribution in [0.1, 0.15) is 25.8 Å². The highest BCUT2D eigenvalue weighted by Crippen LogP contribution is 2.40. The fraction of sp³-hybridized carbons (Fsp3) is 0.348. The molecule has 3 rings (SSSR count). The summed E-state index contributed by atoms with van der Waals surface area (Å²) in [7, 11) is -3.33. The van der Waals surface area contributed by atoms with E-state index in [-0.39, 0.29) is 36.0 Å². The molecule has 0 fully saturated rings. The lowest BCUT2D eigenvalue weighted by molar-refractivity contribution is -0.0919. The fourth-order valence-corrected chi connectivity index (χ4v) is 4.99. The summed E-state index contributed by atoms with van der Waals surface area (Å²) in [4.78, 5) is 3.77. The van der Waals surface area contributed by atoms with E-state index in [1.807, 2.05) is 0 Å². The first-order chi connectivity index (χ1) is 14.9. The minimum atomic E-state index is -4.76. The second kappa shape index (κ2) is 9.05. The van der Waals surface area contributed by atoms with Crippen LogP contribution in [0.5, 0.6) is 0 Å². The maximum Gasteiger partial charge on any atom is 0.433 e. The predicted octanol–water partition coefficient (Wildman–Crippen LogP) is 5.41. The first kappa shape index (κ1) is 24.0. The van der Waals surface area contributed by atoms with Crippen molar-refractivity contribution in [3.8, 4) is 0 Å². The van der Waals surface area contributed by atoms with E-state index >= 15 is 0 Å². The molecular formula is C23H23F4NO3S. The number of aliphatic imine (C=N–C) groups is 1. The highest BCUT2D eigenvalue weighted by Gasteiger charge is 2.39. The number of hydrogen-bond donors (Lipinski definition) is 0. The van der Waals surface area contributed by atoms with E-state index in [2.05, 4.69) is 4.99 Å². The van der Waals surface area contributed by atoms with Gasteiger partial charge in [-0.3, -0.25) is 0 Å². The smallest absolute Gasteiger partial charge is 0.433 e. The molecular weight excluding hydrogens is 446 g/mol. The molecule has 1 aromatic rings. The molecule has 172 valence electrons. The number of rotatable bonds is 4. The lowest BCUT2D eigenvalue weighted by Crippen LogP contribution is -2.26. The monoisotopic (exact) mass is 469 g/mol. The molecule has 4 nitrogen and oxygen atoms in total. The van der Waals surface area contributed by atoms with E-state index in [1.54, 1.807) is 32.1 Å². The number of alkyl halides is 3. The van der Waals surface area contributed by atoms with Crippen LogP contribution in [0.4, 0.5) is 17.6 Å². The molecule has 1 aliphatic carbocycles. The topological polar surface area (TPSA) is 55.7 Å². The number of halogens is 4. The summed E-state index contributed by atoms with van der Waals surface area (Å²) in [6, 6.07) is 4.75. The van der Waals surface area contributed by atoms with Crippen LogP contribution >= 0.6 is 0 Å². The van der Waals surface area contributed by atoms with Crippen LogP contribution in [-0.4, -0.2) is 38.6 Å². The molecule has 2 aliphatic rings. The third kappa shape index (κ3) is 5.38. The predicted molar refractivity (Wildman–Crippen MR) is 116 cm³/mol. The van der Waals surface area contributed by atoms with Gasteiger partial charge in [0, 0.05) is 18.8 Å². The van der Waals surface area contributed by atoms with Gasteiger partial charge in [0.25, 0.3) is 0 Å². The number of allylic oxidation sites excluding steroid dienone is 6. The summed E-state index contributed by atoms with van der Waals surface area (Å²) in [6.45, 7) is 3.49. The molecule has 0 bridgehead atoms. The highest BCUT2D eigenvalue weighted by atomic mass is 32.2. The van der Waals surface area contributed by atoms with Crippen LogP contribution in [0.3, 0.4) is 0 Å². The summed E-state index contributed by atoms with van der Waals surface area (Å²) in [6.07, 6.45) is 2.55. The van der Waals surface area contributed by atoms with Crippen LogP contribution in [0.2, 0.25) is 0 Å². The summed E-state index contributed by atoms with van der Waals surface area (Å²) >= 11 is 0. The van der Waals surface area contributed by atoms with Crippen molar-refractivity contribution in [2.75, 3.05) is 12.9 Å². The van der Waals surface area contributed by atoms with Gasteiger partial charge in [0.15, 0.2) is 15.5 Å². The molecule has 2 unspecified atom stereocenters. The Morgan fingerprint density at radius 3 is 2.38 bits per heavy atom. The Morgan fingerprint density at radius 1 is 1.19 bits per heavy atom. The van der Waals surface area contributed by atoms with Crippen molar-refractivity contribution in [3.05, 3.63) is 76.8 Å². The van der Waals surface area contributed by atoms with E-state index in [0.29, 0.717) is 11.1 Å². The molecule has 32 heavy (non-hydrogen) atoms. The zero-order valence-electron chi connectivity index (χ0n) is 17.8. The molecule has 1 aliphatic heterocycles. The normalized spacial score (nSPS) is 22.2. The van der Waals surface area contributed by atoms with Gasteiger partial charge < -0.3 is 4.74 Å². The number of ether oxygens (including phenoxy) is 1. The van der Waals surface area contributed by atoms with Crippen molar-refractivity contribution in [2.45, 2.75) is 31.7 Å². The van der Waals surface area contributed by atoms with E-state index in [4.69, 9.17) is 4.74 Å². The summed E-state index contributed by atoms with van der Waals surface area (Å²) in [5.41, 5.74) is 0.0409. The molecule has 0 saturated heterocycles. The summed E-state index contributed by atoms with van der Waals surface area (Å²) in [5.74, 6) is -1.13. The van der Waals surface area contributed by atoms with Gasteiger partial charge in [-0.15, -0.1) is 0 Å². The Bertz CT molecular complexity index is 1140. The fourth-order valence-electron chi connectivity index (χ4n) is 3.77. The van der Waals surface area contributed by atoms with Crippen molar-refractivity contribution >= 4 is 21.3 Å². The summed E-state index contributed by atoms with van der Waals surface area (Å²) in [5, 5.41) is -0.712. The Kier molecular flexibility index (Phi) is 6.78. The average molecular weight is 470 g/mol. The van der Waals surface area contributed by atoms with E-state index in [1.165, 1.54) is 18.2 Å². The molecule has 1 heterocycles. The first-order valence-corrected chi connectivity index (χ1v) is 11.9. The maximum absolute atomic E-state index is 14.0. The van der Waals surface area contributed by atoms with E-state index in [0.717, 1.165) is 18.4 Å². The molecule has 0 saturated carbocycles. The molecule has 2 atom stereocenters. The average Bonchev–Trinajstić information content (AvgIpc) is 2.88. The standard InChI is InChI=1S/C23H23F4NO3S/c1-4-31-21-13-17(16-7-10-20(14(2)11-16)32(3,29)30)12-19(22(28-21)23(25,26)27)15-5-8-18(24)9-6-15/h5-11,13-14,20H,4,12H2,1-3H3. The third-order valence-electron chi connectivity index (χ3n) is 5.22. The van der Waals surface area contributed by atoms with Crippen LogP contribution in [0.25, 0.3) is 5.57 Å². The van der Waals surface area contributed by atoms with Gasteiger partial charge in [-0.1, -0.05) is 37.3 Å².